The molecule has 0 aliphatic carbocycles. The van der Waals surface area contributed by atoms with Gasteiger partial charge in [-0.1, -0.05) is 36.3 Å². The third kappa shape index (κ3) is 3.65. The van der Waals surface area contributed by atoms with Crippen LogP contribution in [0.15, 0.2) is 53.1 Å². The summed E-state index contributed by atoms with van der Waals surface area (Å²) in [6.45, 7) is 1.94. The zero-order valence-corrected chi connectivity index (χ0v) is 13.0. The first kappa shape index (κ1) is 15.9. The lowest BCUT2D eigenvalue weighted by Crippen LogP contribution is -2.05. The van der Waals surface area contributed by atoms with Gasteiger partial charge in [-0.25, -0.2) is 9.18 Å². The fourth-order valence-electron chi connectivity index (χ4n) is 2.12. The van der Waals surface area contributed by atoms with Gasteiger partial charge in [0.15, 0.2) is 6.61 Å². The standard InChI is InChI=1S/C18H15FN2O3/c1-2-12-3-5-13(6-4-12)17-20-16(24-21-17)11-23-18(22)14-7-9-15(19)10-8-14/h3-10H,2,11H2,1H3. The Kier molecular flexibility index (Phi) is 4.65. The van der Waals surface area contributed by atoms with Crippen LogP contribution < -0.4 is 0 Å². The van der Waals surface area contributed by atoms with E-state index in [4.69, 9.17) is 9.26 Å². The smallest absolute Gasteiger partial charge is 0.338 e. The third-order valence-corrected chi connectivity index (χ3v) is 3.50. The second-order valence-corrected chi connectivity index (χ2v) is 5.15. The first-order chi connectivity index (χ1) is 11.7. The first-order valence-corrected chi connectivity index (χ1v) is 7.50. The molecule has 0 saturated heterocycles. The highest BCUT2D eigenvalue weighted by molar-refractivity contribution is 5.89. The predicted molar refractivity (Wildman–Crippen MR) is 84.6 cm³/mol. The van der Waals surface area contributed by atoms with Crippen molar-refractivity contribution in [3.05, 3.63) is 71.4 Å². The minimum Gasteiger partial charge on any atom is -0.452 e. The fourth-order valence-corrected chi connectivity index (χ4v) is 2.12. The lowest BCUT2D eigenvalue weighted by atomic mass is 10.1. The van der Waals surface area contributed by atoms with E-state index in [1.807, 2.05) is 24.3 Å². The average Bonchev–Trinajstić information content (AvgIpc) is 3.09. The molecule has 0 atom stereocenters. The Balaban J connectivity index is 1.63. The zero-order chi connectivity index (χ0) is 16.9. The predicted octanol–water partition coefficient (Wildman–Crippen LogP) is 3.80. The van der Waals surface area contributed by atoms with Gasteiger partial charge in [-0.05, 0) is 36.2 Å². The van der Waals surface area contributed by atoms with Gasteiger partial charge in [0, 0.05) is 5.56 Å². The molecular weight excluding hydrogens is 311 g/mol. The number of hydrogen-bond donors (Lipinski definition) is 0. The van der Waals surface area contributed by atoms with Gasteiger partial charge in [-0.3, -0.25) is 0 Å². The van der Waals surface area contributed by atoms with Crippen LogP contribution in [0.3, 0.4) is 0 Å². The van der Waals surface area contributed by atoms with Crippen LogP contribution in [0.1, 0.15) is 28.7 Å². The van der Waals surface area contributed by atoms with Crippen LogP contribution in [0.4, 0.5) is 4.39 Å². The van der Waals surface area contributed by atoms with Crippen molar-refractivity contribution < 1.29 is 18.4 Å². The number of esters is 1. The van der Waals surface area contributed by atoms with Crippen LogP contribution in [-0.2, 0) is 17.8 Å². The Morgan fingerprint density at radius 2 is 1.83 bits per heavy atom. The number of ether oxygens (including phenoxy) is 1. The summed E-state index contributed by atoms with van der Waals surface area (Å²) in [6, 6.07) is 12.9. The number of benzene rings is 2. The molecule has 122 valence electrons. The van der Waals surface area contributed by atoms with Gasteiger partial charge >= 0.3 is 5.97 Å². The summed E-state index contributed by atoms with van der Waals surface area (Å²) in [7, 11) is 0. The van der Waals surface area contributed by atoms with E-state index in [1.54, 1.807) is 0 Å². The Morgan fingerprint density at radius 3 is 2.50 bits per heavy atom. The van der Waals surface area contributed by atoms with Gasteiger partial charge in [0.05, 0.1) is 5.56 Å². The van der Waals surface area contributed by atoms with Crippen molar-refractivity contribution in [2.75, 3.05) is 0 Å². The van der Waals surface area contributed by atoms with Crippen LogP contribution in [0.25, 0.3) is 11.4 Å². The highest BCUT2D eigenvalue weighted by Gasteiger charge is 2.12. The summed E-state index contributed by atoms with van der Waals surface area (Å²) >= 11 is 0. The monoisotopic (exact) mass is 326 g/mol. The summed E-state index contributed by atoms with van der Waals surface area (Å²) in [5, 5.41) is 3.88. The molecule has 6 heteroatoms. The number of nitrogens with zero attached hydrogens (tertiary/aromatic N) is 2. The van der Waals surface area contributed by atoms with Crippen LogP contribution in [0.5, 0.6) is 0 Å². The molecule has 0 fully saturated rings. The van der Waals surface area contributed by atoms with E-state index in [0.717, 1.165) is 12.0 Å². The number of carbonyl (C=O) groups excluding carboxylic acids is 1. The second kappa shape index (κ2) is 7.04. The molecule has 0 N–H and O–H groups in total. The lowest BCUT2D eigenvalue weighted by molar-refractivity contribution is 0.0430. The molecule has 0 aliphatic rings. The summed E-state index contributed by atoms with van der Waals surface area (Å²) in [5.41, 5.74) is 2.30. The van der Waals surface area contributed by atoms with Crippen molar-refractivity contribution in [1.82, 2.24) is 10.1 Å². The van der Waals surface area contributed by atoms with E-state index >= 15 is 0 Å². The Morgan fingerprint density at radius 1 is 1.12 bits per heavy atom. The van der Waals surface area contributed by atoms with Crippen molar-refractivity contribution in [3.63, 3.8) is 0 Å². The summed E-state index contributed by atoms with van der Waals surface area (Å²) < 4.78 is 23.0. The van der Waals surface area contributed by atoms with Gasteiger partial charge in [-0.2, -0.15) is 4.98 Å². The van der Waals surface area contributed by atoms with Gasteiger partial charge < -0.3 is 9.26 Å². The average molecular weight is 326 g/mol. The molecule has 1 aromatic heterocycles. The van der Waals surface area contributed by atoms with Crippen molar-refractivity contribution in [2.24, 2.45) is 0 Å². The van der Waals surface area contributed by atoms with Gasteiger partial charge in [0.1, 0.15) is 5.82 Å². The maximum atomic E-state index is 12.8. The van der Waals surface area contributed by atoms with E-state index in [0.29, 0.717) is 5.82 Å². The lowest BCUT2D eigenvalue weighted by Gasteiger charge is -2.01. The van der Waals surface area contributed by atoms with E-state index in [1.165, 1.54) is 29.8 Å². The topological polar surface area (TPSA) is 65.2 Å². The van der Waals surface area contributed by atoms with Crippen molar-refractivity contribution in [2.45, 2.75) is 20.0 Å². The number of aromatic nitrogens is 2. The maximum Gasteiger partial charge on any atom is 0.338 e. The van der Waals surface area contributed by atoms with Crippen LogP contribution in [-0.4, -0.2) is 16.1 Å². The molecule has 0 unspecified atom stereocenters. The fraction of sp³-hybridized carbons (Fsp3) is 0.167. The SMILES string of the molecule is CCc1ccc(-c2noc(COC(=O)c3ccc(F)cc3)n2)cc1. The largest absolute Gasteiger partial charge is 0.452 e. The molecular formula is C18H15FN2O3. The van der Waals surface area contributed by atoms with Crippen molar-refractivity contribution in [3.8, 4) is 11.4 Å². The van der Waals surface area contributed by atoms with E-state index in [9.17, 15) is 9.18 Å². The Labute approximate surface area is 138 Å². The van der Waals surface area contributed by atoms with E-state index < -0.39 is 11.8 Å². The minimum absolute atomic E-state index is 0.143. The summed E-state index contributed by atoms with van der Waals surface area (Å²) in [5.74, 6) is -0.366. The van der Waals surface area contributed by atoms with Crippen molar-refractivity contribution in [1.29, 1.82) is 0 Å². The molecule has 2 aromatic carbocycles. The highest BCUT2D eigenvalue weighted by Crippen LogP contribution is 2.17. The normalized spacial score (nSPS) is 10.6. The van der Waals surface area contributed by atoms with Gasteiger partial charge in [0.2, 0.25) is 5.82 Å². The molecule has 3 aromatic rings. The molecule has 0 saturated carbocycles. The molecule has 0 radical (unpaired) electrons. The third-order valence-electron chi connectivity index (χ3n) is 3.50. The minimum atomic E-state index is -0.581. The summed E-state index contributed by atoms with van der Waals surface area (Å²) in [6.07, 6.45) is 0.955. The van der Waals surface area contributed by atoms with Gasteiger partial charge in [0.25, 0.3) is 5.89 Å². The maximum absolute atomic E-state index is 12.8. The van der Waals surface area contributed by atoms with Gasteiger partial charge in [-0.15, -0.1) is 0 Å². The highest BCUT2D eigenvalue weighted by atomic mass is 19.1. The Hall–Kier alpha value is -3.02. The number of halogens is 1. The van der Waals surface area contributed by atoms with E-state index in [-0.39, 0.29) is 18.1 Å². The van der Waals surface area contributed by atoms with Crippen LogP contribution in [0, 0.1) is 5.82 Å². The summed E-state index contributed by atoms with van der Waals surface area (Å²) in [4.78, 5) is 16.0. The molecule has 3 rings (SSSR count). The Bertz CT molecular complexity index is 826. The molecule has 0 bridgehead atoms. The van der Waals surface area contributed by atoms with Crippen molar-refractivity contribution >= 4 is 5.97 Å². The molecule has 0 amide bonds. The molecule has 0 aliphatic heterocycles. The molecule has 1 heterocycles. The van der Waals surface area contributed by atoms with E-state index in [2.05, 4.69) is 17.1 Å². The van der Waals surface area contributed by atoms with Crippen LogP contribution in [0.2, 0.25) is 0 Å². The number of hydrogen-bond acceptors (Lipinski definition) is 5. The second-order valence-electron chi connectivity index (χ2n) is 5.15. The first-order valence-electron chi connectivity index (χ1n) is 7.50. The molecule has 24 heavy (non-hydrogen) atoms. The molecule has 0 spiro atoms. The number of rotatable bonds is 5. The van der Waals surface area contributed by atoms with Crippen LogP contribution >= 0.6 is 0 Å². The quantitative estimate of drug-likeness (QED) is 0.667. The number of aryl methyl sites for hydroxylation is 1. The number of carbonyl (C=O) groups is 1. The zero-order valence-electron chi connectivity index (χ0n) is 13.0. The molecule has 5 nitrogen and oxygen atoms in total.